The number of hydrogen-bond donors (Lipinski definition) is 2. The van der Waals surface area contributed by atoms with E-state index in [2.05, 4.69) is 15.6 Å². The number of aromatic nitrogens is 1. The van der Waals surface area contributed by atoms with Crippen LogP contribution in [0.5, 0.6) is 0 Å². The average Bonchev–Trinajstić information content (AvgIpc) is 3.21. The summed E-state index contributed by atoms with van der Waals surface area (Å²) in [5.41, 5.74) is 0.487. The molecule has 1 atom stereocenters. The SMILES string of the molecule is CNC(=O)[C@@H]1CCCN(C(=O)c2csc(NC3CC3)n2)C1. The Kier molecular flexibility index (Phi) is 4.10. The van der Waals surface area contributed by atoms with Crippen LogP contribution in [0.25, 0.3) is 0 Å². The molecule has 1 saturated heterocycles. The van der Waals surface area contributed by atoms with Gasteiger partial charge in [-0.3, -0.25) is 9.59 Å². The van der Waals surface area contributed by atoms with Crippen molar-refractivity contribution in [1.29, 1.82) is 0 Å². The van der Waals surface area contributed by atoms with Gasteiger partial charge in [-0.15, -0.1) is 11.3 Å². The van der Waals surface area contributed by atoms with E-state index < -0.39 is 0 Å². The number of hydrogen-bond acceptors (Lipinski definition) is 5. The smallest absolute Gasteiger partial charge is 0.273 e. The van der Waals surface area contributed by atoms with E-state index in [1.54, 1.807) is 17.3 Å². The monoisotopic (exact) mass is 308 g/mol. The highest BCUT2D eigenvalue weighted by molar-refractivity contribution is 7.13. The van der Waals surface area contributed by atoms with Crippen LogP contribution in [-0.4, -0.2) is 47.9 Å². The molecule has 1 aliphatic heterocycles. The fraction of sp³-hybridized carbons (Fsp3) is 0.643. The summed E-state index contributed by atoms with van der Waals surface area (Å²) >= 11 is 1.47. The number of likely N-dealkylation sites (tertiary alicyclic amines) is 1. The first-order valence-corrected chi connectivity index (χ1v) is 8.28. The summed E-state index contributed by atoms with van der Waals surface area (Å²) in [5.74, 6) is -0.152. The molecule has 1 aliphatic carbocycles. The summed E-state index contributed by atoms with van der Waals surface area (Å²) in [4.78, 5) is 30.3. The van der Waals surface area contributed by atoms with E-state index in [9.17, 15) is 9.59 Å². The van der Waals surface area contributed by atoms with E-state index in [-0.39, 0.29) is 17.7 Å². The molecule has 1 aromatic rings. The summed E-state index contributed by atoms with van der Waals surface area (Å²) < 4.78 is 0. The Morgan fingerprint density at radius 3 is 2.90 bits per heavy atom. The average molecular weight is 308 g/mol. The summed E-state index contributed by atoms with van der Waals surface area (Å²) in [6.45, 7) is 1.19. The second kappa shape index (κ2) is 6.01. The molecule has 0 radical (unpaired) electrons. The van der Waals surface area contributed by atoms with Gasteiger partial charge in [0.2, 0.25) is 5.91 Å². The van der Waals surface area contributed by atoms with Gasteiger partial charge in [-0.2, -0.15) is 0 Å². The van der Waals surface area contributed by atoms with E-state index >= 15 is 0 Å². The molecule has 2 N–H and O–H groups in total. The van der Waals surface area contributed by atoms with Crippen molar-refractivity contribution >= 4 is 28.3 Å². The predicted molar refractivity (Wildman–Crippen MR) is 81.5 cm³/mol. The largest absolute Gasteiger partial charge is 0.359 e. The van der Waals surface area contributed by atoms with Crippen molar-refractivity contribution in [1.82, 2.24) is 15.2 Å². The minimum atomic E-state index is -0.101. The maximum atomic E-state index is 12.5. The van der Waals surface area contributed by atoms with Crippen LogP contribution in [0.2, 0.25) is 0 Å². The van der Waals surface area contributed by atoms with Crippen molar-refractivity contribution in [3.05, 3.63) is 11.1 Å². The van der Waals surface area contributed by atoms with E-state index in [4.69, 9.17) is 0 Å². The third-order valence-corrected chi connectivity index (χ3v) is 4.73. The molecule has 0 aromatic carbocycles. The summed E-state index contributed by atoms with van der Waals surface area (Å²) in [7, 11) is 1.64. The number of amides is 2. The Morgan fingerprint density at radius 2 is 2.19 bits per heavy atom. The Bertz CT molecular complexity index is 541. The maximum absolute atomic E-state index is 12.5. The topological polar surface area (TPSA) is 74.3 Å². The number of anilines is 1. The molecule has 3 rings (SSSR count). The first kappa shape index (κ1) is 14.3. The van der Waals surface area contributed by atoms with E-state index in [1.165, 1.54) is 24.2 Å². The van der Waals surface area contributed by atoms with Gasteiger partial charge in [0.15, 0.2) is 5.13 Å². The van der Waals surface area contributed by atoms with Crippen molar-refractivity contribution in [3.63, 3.8) is 0 Å². The summed E-state index contributed by atoms with van der Waals surface area (Å²) in [5, 5.41) is 8.59. The third-order valence-electron chi connectivity index (χ3n) is 3.95. The minimum Gasteiger partial charge on any atom is -0.359 e. The molecule has 1 aromatic heterocycles. The molecule has 2 amide bonds. The number of thiazole rings is 1. The van der Waals surface area contributed by atoms with Crippen LogP contribution in [0.4, 0.5) is 5.13 Å². The molecule has 21 heavy (non-hydrogen) atoms. The van der Waals surface area contributed by atoms with E-state index in [0.29, 0.717) is 24.8 Å². The number of nitrogens with zero attached hydrogens (tertiary/aromatic N) is 2. The van der Waals surface area contributed by atoms with Crippen LogP contribution in [0.1, 0.15) is 36.2 Å². The quantitative estimate of drug-likeness (QED) is 0.879. The molecule has 2 fully saturated rings. The Hall–Kier alpha value is -1.63. The zero-order chi connectivity index (χ0) is 14.8. The van der Waals surface area contributed by atoms with Crippen molar-refractivity contribution in [2.75, 3.05) is 25.5 Å². The van der Waals surface area contributed by atoms with Gasteiger partial charge in [-0.1, -0.05) is 0 Å². The van der Waals surface area contributed by atoms with Gasteiger partial charge in [0.1, 0.15) is 5.69 Å². The highest BCUT2D eigenvalue weighted by Crippen LogP contribution is 2.27. The number of rotatable bonds is 4. The molecular formula is C14H20N4O2S. The second-order valence-corrected chi connectivity index (χ2v) is 6.52. The van der Waals surface area contributed by atoms with Gasteiger partial charge in [-0.05, 0) is 25.7 Å². The Morgan fingerprint density at radius 1 is 1.38 bits per heavy atom. The molecule has 0 bridgehead atoms. The molecule has 114 valence electrons. The molecule has 0 spiro atoms. The minimum absolute atomic E-state index is 0.0156. The van der Waals surface area contributed by atoms with Gasteiger partial charge in [0.05, 0.1) is 5.92 Å². The molecule has 0 unspecified atom stereocenters. The highest BCUT2D eigenvalue weighted by Gasteiger charge is 2.29. The first-order chi connectivity index (χ1) is 10.2. The van der Waals surface area contributed by atoms with Crippen LogP contribution in [0.3, 0.4) is 0 Å². The standard InChI is InChI=1S/C14H20N4O2S/c1-15-12(19)9-3-2-6-18(7-9)13(20)11-8-21-14(17-11)16-10-4-5-10/h8-10H,2-7H2,1H3,(H,15,19)(H,16,17)/t9-/m1/s1. The number of carbonyl (C=O) groups excluding carboxylic acids is 2. The molecule has 2 heterocycles. The number of nitrogens with one attached hydrogen (secondary N) is 2. The molecule has 7 heteroatoms. The first-order valence-electron chi connectivity index (χ1n) is 7.40. The van der Waals surface area contributed by atoms with Crippen LogP contribution >= 0.6 is 11.3 Å². The lowest BCUT2D eigenvalue weighted by Gasteiger charge is -2.31. The van der Waals surface area contributed by atoms with Crippen LogP contribution in [-0.2, 0) is 4.79 Å². The number of piperidine rings is 1. The van der Waals surface area contributed by atoms with E-state index in [1.807, 2.05) is 0 Å². The molecule has 2 aliphatic rings. The normalized spacial score (nSPS) is 22.0. The predicted octanol–water partition coefficient (Wildman–Crippen LogP) is 1.32. The molecule has 1 saturated carbocycles. The number of carbonyl (C=O) groups is 2. The zero-order valence-electron chi connectivity index (χ0n) is 12.1. The maximum Gasteiger partial charge on any atom is 0.273 e. The zero-order valence-corrected chi connectivity index (χ0v) is 12.9. The van der Waals surface area contributed by atoms with Gasteiger partial charge in [0, 0.05) is 31.6 Å². The summed E-state index contributed by atoms with van der Waals surface area (Å²) in [6, 6.07) is 0.534. The fourth-order valence-electron chi connectivity index (χ4n) is 2.58. The lowest BCUT2D eigenvalue weighted by molar-refractivity contribution is -0.125. The van der Waals surface area contributed by atoms with Gasteiger partial charge in [0.25, 0.3) is 5.91 Å². The van der Waals surface area contributed by atoms with E-state index in [0.717, 1.165) is 18.0 Å². The Labute approximate surface area is 127 Å². The Balaban J connectivity index is 1.63. The lowest BCUT2D eigenvalue weighted by Crippen LogP contribution is -2.44. The van der Waals surface area contributed by atoms with Crippen LogP contribution < -0.4 is 10.6 Å². The van der Waals surface area contributed by atoms with Gasteiger partial charge < -0.3 is 15.5 Å². The van der Waals surface area contributed by atoms with Crippen molar-refractivity contribution < 1.29 is 9.59 Å². The van der Waals surface area contributed by atoms with Crippen molar-refractivity contribution in [2.24, 2.45) is 5.92 Å². The molecular weight excluding hydrogens is 288 g/mol. The summed E-state index contributed by atoms with van der Waals surface area (Å²) in [6.07, 6.45) is 4.07. The van der Waals surface area contributed by atoms with Gasteiger partial charge >= 0.3 is 0 Å². The second-order valence-electron chi connectivity index (χ2n) is 5.66. The highest BCUT2D eigenvalue weighted by atomic mass is 32.1. The third kappa shape index (κ3) is 3.34. The van der Waals surface area contributed by atoms with Crippen LogP contribution in [0.15, 0.2) is 5.38 Å². The van der Waals surface area contributed by atoms with Crippen molar-refractivity contribution in [3.8, 4) is 0 Å². The van der Waals surface area contributed by atoms with Crippen LogP contribution in [0, 0.1) is 5.92 Å². The molecule has 6 nitrogen and oxygen atoms in total. The van der Waals surface area contributed by atoms with Gasteiger partial charge in [-0.25, -0.2) is 4.98 Å². The lowest BCUT2D eigenvalue weighted by atomic mass is 9.97. The van der Waals surface area contributed by atoms with Crippen molar-refractivity contribution in [2.45, 2.75) is 31.7 Å². The fourth-order valence-corrected chi connectivity index (χ4v) is 3.34.